The first-order chi connectivity index (χ1) is 21.9. The Bertz CT molecular complexity index is 1380. The van der Waals surface area contributed by atoms with Gasteiger partial charge in [0.2, 0.25) is 5.91 Å². The fraction of sp³-hybridized carbons (Fsp3) is 0.444. The minimum absolute atomic E-state index is 0.0621. The number of hydrogen-bond donors (Lipinski definition) is 1. The van der Waals surface area contributed by atoms with Gasteiger partial charge in [0, 0.05) is 24.4 Å². The largest absolute Gasteiger partial charge is 0.496 e. The van der Waals surface area contributed by atoms with Gasteiger partial charge < -0.3 is 33.9 Å². The minimum atomic E-state index is -0.425. The minimum Gasteiger partial charge on any atom is -0.496 e. The summed E-state index contributed by atoms with van der Waals surface area (Å²) in [6.07, 6.45) is 1.75. The van der Waals surface area contributed by atoms with Crippen molar-refractivity contribution in [3.05, 3.63) is 82.9 Å². The number of rotatable bonds is 15. The lowest BCUT2D eigenvalue weighted by atomic mass is 9.79. The van der Waals surface area contributed by atoms with Gasteiger partial charge in [0.15, 0.2) is 0 Å². The molecule has 3 aromatic rings. The number of piperidine rings is 1. The Morgan fingerprint density at radius 2 is 1.60 bits per heavy atom. The highest BCUT2D eigenvalue weighted by molar-refractivity contribution is 6.00. The Labute approximate surface area is 266 Å². The first kappa shape index (κ1) is 33.8. The summed E-state index contributed by atoms with van der Waals surface area (Å²) in [7, 11) is 3.17. The summed E-state index contributed by atoms with van der Waals surface area (Å²) >= 11 is 0. The fourth-order valence-corrected chi connectivity index (χ4v) is 5.85. The van der Waals surface area contributed by atoms with Crippen LogP contribution in [-0.2, 0) is 20.8 Å². The maximum atomic E-state index is 15.0. The van der Waals surface area contributed by atoms with Crippen LogP contribution in [0.2, 0.25) is 0 Å². The van der Waals surface area contributed by atoms with Gasteiger partial charge in [0.1, 0.15) is 23.9 Å². The molecule has 45 heavy (non-hydrogen) atoms. The second-order valence-corrected chi connectivity index (χ2v) is 11.0. The van der Waals surface area contributed by atoms with E-state index in [9.17, 15) is 9.59 Å². The zero-order chi connectivity index (χ0) is 32.2. The monoisotopic (exact) mass is 618 g/mol. The number of methoxy groups -OCH3 is 2. The molecule has 0 aromatic heterocycles. The number of carbonyl (C=O) groups excluding carboxylic acids is 2. The van der Waals surface area contributed by atoms with E-state index in [-0.39, 0.29) is 30.9 Å². The van der Waals surface area contributed by atoms with Crippen LogP contribution in [0.3, 0.4) is 0 Å². The van der Waals surface area contributed by atoms with Crippen LogP contribution in [0.4, 0.5) is 5.69 Å². The average molecular weight is 619 g/mol. The van der Waals surface area contributed by atoms with Crippen LogP contribution in [0.25, 0.3) is 0 Å². The van der Waals surface area contributed by atoms with Crippen molar-refractivity contribution >= 4 is 17.6 Å². The van der Waals surface area contributed by atoms with E-state index in [1.807, 2.05) is 56.3 Å². The molecule has 9 heteroatoms. The van der Waals surface area contributed by atoms with Gasteiger partial charge >= 0.3 is 5.97 Å². The normalized spacial score (nSPS) is 14.0. The van der Waals surface area contributed by atoms with E-state index >= 15 is 0 Å². The van der Waals surface area contributed by atoms with Gasteiger partial charge in [0.25, 0.3) is 0 Å². The van der Waals surface area contributed by atoms with Crippen LogP contribution >= 0.6 is 0 Å². The number of nitrogens with one attached hydrogen (secondary N) is 1. The molecule has 1 aliphatic heterocycles. The van der Waals surface area contributed by atoms with Crippen LogP contribution in [0.5, 0.6) is 17.2 Å². The van der Waals surface area contributed by atoms with E-state index < -0.39 is 5.97 Å². The fourth-order valence-electron chi connectivity index (χ4n) is 5.85. The van der Waals surface area contributed by atoms with Gasteiger partial charge in [-0.2, -0.15) is 0 Å². The van der Waals surface area contributed by atoms with E-state index in [0.717, 1.165) is 37.1 Å². The number of hydrogen-bond acceptors (Lipinski definition) is 8. The maximum Gasteiger partial charge on any atom is 0.338 e. The van der Waals surface area contributed by atoms with Gasteiger partial charge in [-0.1, -0.05) is 36.4 Å². The molecule has 1 heterocycles. The van der Waals surface area contributed by atoms with E-state index in [2.05, 4.69) is 5.32 Å². The lowest BCUT2D eigenvalue weighted by molar-refractivity contribution is -0.121. The lowest BCUT2D eigenvalue weighted by Crippen LogP contribution is -2.41. The predicted octanol–water partition coefficient (Wildman–Crippen LogP) is 5.92. The number of anilines is 1. The highest BCUT2D eigenvalue weighted by Gasteiger charge is 2.35. The van der Waals surface area contributed by atoms with E-state index in [1.165, 1.54) is 0 Å². The molecule has 4 rings (SSSR count). The Kier molecular flexibility index (Phi) is 12.7. The van der Waals surface area contributed by atoms with E-state index in [0.29, 0.717) is 53.9 Å². The summed E-state index contributed by atoms with van der Waals surface area (Å²) in [5, 5.41) is 3.43. The number of esters is 1. The Hall–Kier alpha value is -4.08. The molecule has 0 aliphatic carbocycles. The zero-order valence-corrected chi connectivity index (χ0v) is 27.1. The second kappa shape index (κ2) is 16.8. The molecule has 1 amide bonds. The smallest absolute Gasteiger partial charge is 0.338 e. The summed E-state index contributed by atoms with van der Waals surface area (Å²) in [6.45, 7) is 9.12. The summed E-state index contributed by atoms with van der Waals surface area (Å²) in [5.74, 6) is 0.881. The van der Waals surface area contributed by atoms with Gasteiger partial charge in [-0.3, -0.25) is 4.79 Å². The van der Waals surface area contributed by atoms with Gasteiger partial charge in [-0.05, 0) is 75.9 Å². The summed E-state index contributed by atoms with van der Waals surface area (Å²) in [5.41, 5.74) is 3.42. The summed E-state index contributed by atoms with van der Waals surface area (Å²) in [6, 6.07) is 19.0. The molecule has 1 unspecified atom stereocenters. The molecule has 1 aliphatic rings. The summed E-state index contributed by atoms with van der Waals surface area (Å²) < 4.78 is 28.4. The molecule has 1 saturated heterocycles. The SMILES string of the molecule is CCOCCOc1cc(OC)c(CN(C(=O)C(c2ccccc2)C2CCNCC2)c2ccc(C)c(C(=O)OCC)c2)c(OC)c1. The van der Waals surface area contributed by atoms with Crippen molar-refractivity contribution in [2.75, 3.05) is 58.6 Å². The first-order valence-corrected chi connectivity index (χ1v) is 15.7. The third kappa shape index (κ3) is 8.55. The number of benzene rings is 3. The quantitative estimate of drug-likeness (QED) is 0.166. The standard InChI is InChI=1S/C36H46N2O7/c1-6-43-19-20-45-29-22-32(41-4)31(33(23-29)42-5)24-38(28-14-13-25(3)30(21-28)36(40)44-7-2)35(39)34(26-11-9-8-10-12-26)27-15-17-37-18-16-27/h8-14,21-23,27,34,37H,6-7,15-20,24H2,1-5H3. The van der Waals surface area contributed by atoms with Crippen molar-refractivity contribution in [3.63, 3.8) is 0 Å². The van der Waals surface area contributed by atoms with E-state index in [1.54, 1.807) is 44.2 Å². The molecule has 0 bridgehead atoms. The predicted molar refractivity (Wildman–Crippen MR) is 175 cm³/mol. The third-order valence-corrected chi connectivity index (χ3v) is 8.17. The molecule has 0 radical (unpaired) electrons. The van der Waals surface area contributed by atoms with Crippen LogP contribution in [0, 0.1) is 12.8 Å². The molecular weight excluding hydrogens is 572 g/mol. The number of ether oxygens (including phenoxy) is 5. The van der Waals surface area contributed by atoms with Crippen LogP contribution in [0.1, 0.15) is 59.7 Å². The molecular formula is C36H46N2O7. The third-order valence-electron chi connectivity index (χ3n) is 8.17. The highest BCUT2D eigenvalue weighted by atomic mass is 16.5. The average Bonchev–Trinajstić information content (AvgIpc) is 3.07. The van der Waals surface area contributed by atoms with Crippen molar-refractivity contribution in [2.24, 2.45) is 5.92 Å². The van der Waals surface area contributed by atoms with Crippen LogP contribution in [-0.4, -0.2) is 65.6 Å². The topological polar surface area (TPSA) is 95.6 Å². The maximum absolute atomic E-state index is 15.0. The molecule has 0 spiro atoms. The van der Waals surface area contributed by atoms with Crippen molar-refractivity contribution in [1.82, 2.24) is 5.32 Å². The molecule has 1 atom stereocenters. The van der Waals surface area contributed by atoms with Crippen LogP contribution < -0.4 is 24.4 Å². The van der Waals surface area contributed by atoms with Crippen LogP contribution in [0.15, 0.2) is 60.7 Å². The van der Waals surface area contributed by atoms with E-state index in [4.69, 9.17) is 23.7 Å². The highest BCUT2D eigenvalue weighted by Crippen LogP contribution is 2.39. The number of aryl methyl sites for hydroxylation is 1. The molecule has 9 nitrogen and oxygen atoms in total. The van der Waals surface area contributed by atoms with Gasteiger partial charge in [0.05, 0.1) is 51.0 Å². The second-order valence-electron chi connectivity index (χ2n) is 11.0. The molecule has 1 N–H and O–H groups in total. The summed E-state index contributed by atoms with van der Waals surface area (Å²) in [4.78, 5) is 29.7. The van der Waals surface area contributed by atoms with Gasteiger partial charge in [-0.15, -0.1) is 0 Å². The van der Waals surface area contributed by atoms with Crippen molar-refractivity contribution in [2.45, 2.75) is 46.1 Å². The first-order valence-electron chi connectivity index (χ1n) is 15.7. The van der Waals surface area contributed by atoms with Crippen molar-refractivity contribution in [3.8, 4) is 17.2 Å². The molecule has 0 saturated carbocycles. The molecule has 242 valence electrons. The zero-order valence-electron chi connectivity index (χ0n) is 27.1. The van der Waals surface area contributed by atoms with Crippen molar-refractivity contribution < 1.29 is 33.3 Å². The number of carbonyl (C=O) groups is 2. The Morgan fingerprint density at radius 3 is 2.22 bits per heavy atom. The molecule has 3 aromatic carbocycles. The Balaban J connectivity index is 1.82. The van der Waals surface area contributed by atoms with Crippen molar-refractivity contribution in [1.29, 1.82) is 0 Å². The van der Waals surface area contributed by atoms with Gasteiger partial charge in [-0.25, -0.2) is 4.79 Å². The lowest BCUT2D eigenvalue weighted by Gasteiger charge is -2.35. The molecule has 1 fully saturated rings. The number of nitrogens with zero attached hydrogens (tertiary/aromatic N) is 1. The number of amides is 1. The Morgan fingerprint density at radius 1 is 0.911 bits per heavy atom.